The van der Waals surface area contributed by atoms with Crippen LogP contribution in [0.1, 0.15) is 26.8 Å². The van der Waals surface area contributed by atoms with Gasteiger partial charge in [0.25, 0.3) is 0 Å². The highest BCUT2D eigenvalue weighted by molar-refractivity contribution is 7.99. The fourth-order valence-electron chi connectivity index (χ4n) is 1.09. The summed E-state index contributed by atoms with van der Waals surface area (Å²) in [5, 5.41) is 8.77. The topological polar surface area (TPSA) is 56.7 Å². The first-order valence-electron chi connectivity index (χ1n) is 4.61. The van der Waals surface area contributed by atoms with Crippen LogP contribution in [0.3, 0.4) is 0 Å². The van der Waals surface area contributed by atoms with Crippen LogP contribution in [0.25, 0.3) is 0 Å². The van der Waals surface area contributed by atoms with Gasteiger partial charge in [-0.1, -0.05) is 23.9 Å². The van der Waals surface area contributed by atoms with Gasteiger partial charge >= 0.3 is 0 Å². The van der Waals surface area contributed by atoms with Crippen LogP contribution < -0.4 is 5.73 Å². The van der Waals surface area contributed by atoms with Crippen molar-refractivity contribution in [1.82, 2.24) is 14.8 Å². The fourth-order valence-corrected chi connectivity index (χ4v) is 2.07. The molecule has 5 heteroatoms. The molecule has 0 saturated carbocycles. The molecule has 14 heavy (non-hydrogen) atoms. The normalized spacial score (nSPS) is 11.7. The van der Waals surface area contributed by atoms with Crippen molar-refractivity contribution in [2.75, 3.05) is 11.5 Å². The minimum absolute atomic E-state index is 0.304. The van der Waals surface area contributed by atoms with E-state index in [0.29, 0.717) is 12.0 Å². The summed E-state index contributed by atoms with van der Waals surface area (Å²) in [6.45, 7) is 6.14. The summed E-state index contributed by atoms with van der Waals surface area (Å²) in [5.41, 5.74) is 5.70. The summed E-state index contributed by atoms with van der Waals surface area (Å²) in [4.78, 5) is 0. The third-order valence-electron chi connectivity index (χ3n) is 1.75. The Morgan fingerprint density at radius 3 is 2.79 bits per heavy atom. The summed E-state index contributed by atoms with van der Waals surface area (Å²) in [6.07, 6.45) is 4.10. The van der Waals surface area contributed by atoms with Gasteiger partial charge in [-0.05, 0) is 20.8 Å². The molecule has 1 aromatic heterocycles. The molecule has 0 fully saturated rings. The molecule has 0 saturated heterocycles. The van der Waals surface area contributed by atoms with E-state index in [-0.39, 0.29) is 0 Å². The Bertz CT molecular complexity index is 317. The van der Waals surface area contributed by atoms with E-state index in [1.807, 2.05) is 17.6 Å². The molecule has 0 bridgehead atoms. The lowest BCUT2D eigenvalue weighted by atomic mass is 10.4. The van der Waals surface area contributed by atoms with Crippen molar-refractivity contribution in [3.05, 3.63) is 12.2 Å². The van der Waals surface area contributed by atoms with Crippen molar-refractivity contribution in [2.45, 2.75) is 32.0 Å². The first-order valence-corrected chi connectivity index (χ1v) is 5.59. The molecular formula is C9H16N4S. The van der Waals surface area contributed by atoms with Crippen LogP contribution in [0, 0.1) is 0 Å². The van der Waals surface area contributed by atoms with E-state index >= 15 is 0 Å². The van der Waals surface area contributed by atoms with Gasteiger partial charge in [-0.15, -0.1) is 10.2 Å². The Morgan fingerprint density at radius 1 is 1.50 bits per heavy atom. The molecule has 0 aliphatic rings. The largest absolute Gasteiger partial charge is 0.368 e. The third kappa shape index (κ3) is 2.51. The molecule has 0 amide bonds. The second-order valence-electron chi connectivity index (χ2n) is 3.18. The maximum Gasteiger partial charge on any atom is 0.222 e. The maximum absolute atomic E-state index is 5.70. The zero-order valence-electron chi connectivity index (χ0n) is 8.77. The van der Waals surface area contributed by atoms with Crippen molar-refractivity contribution in [2.24, 2.45) is 0 Å². The van der Waals surface area contributed by atoms with Crippen LogP contribution in [0.2, 0.25) is 0 Å². The van der Waals surface area contributed by atoms with Crippen LogP contribution in [-0.4, -0.2) is 20.5 Å². The van der Waals surface area contributed by atoms with Crippen LogP contribution >= 0.6 is 11.8 Å². The smallest absolute Gasteiger partial charge is 0.222 e. The van der Waals surface area contributed by atoms with E-state index in [1.54, 1.807) is 11.8 Å². The molecule has 0 aliphatic carbocycles. The first kappa shape index (κ1) is 11.1. The van der Waals surface area contributed by atoms with Gasteiger partial charge in [-0.3, -0.25) is 4.57 Å². The number of nitrogen functional groups attached to an aromatic ring is 1. The number of thioether (sulfide) groups is 1. The van der Waals surface area contributed by atoms with Gasteiger partial charge in [0.05, 0.1) is 0 Å². The first-order chi connectivity index (χ1) is 6.66. The number of rotatable bonds is 4. The Hall–Kier alpha value is -0.970. The van der Waals surface area contributed by atoms with Crippen molar-refractivity contribution in [3.63, 3.8) is 0 Å². The van der Waals surface area contributed by atoms with Gasteiger partial charge in [0.1, 0.15) is 0 Å². The number of anilines is 1. The Morgan fingerprint density at radius 2 is 2.21 bits per heavy atom. The number of allylic oxidation sites excluding steroid dienone is 1. The van der Waals surface area contributed by atoms with Gasteiger partial charge < -0.3 is 5.73 Å². The number of aromatic nitrogens is 3. The summed E-state index contributed by atoms with van der Waals surface area (Å²) in [7, 11) is 0. The summed E-state index contributed by atoms with van der Waals surface area (Å²) in [5.74, 6) is 1.39. The molecule has 1 rings (SSSR count). The SMILES string of the molecule is CC=CCSc1nnc(N)n1C(C)C. The second kappa shape index (κ2) is 5.05. The molecular weight excluding hydrogens is 196 g/mol. The molecule has 0 aliphatic heterocycles. The van der Waals surface area contributed by atoms with Gasteiger partial charge in [-0.2, -0.15) is 0 Å². The van der Waals surface area contributed by atoms with Gasteiger partial charge in [0.15, 0.2) is 5.16 Å². The standard InChI is InChI=1S/C9H16N4S/c1-4-5-6-14-9-12-11-8(10)13(9)7(2)3/h4-5,7H,6H2,1-3H3,(H2,10,11). The molecule has 0 aromatic carbocycles. The summed E-state index contributed by atoms with van der Waals surface area (Å²) in [6, 6.07) is 0.304. The van der Waals surface area contributed by atoms with Crippen LogP contribution in [-0.2, 0) is 0 Å². The second-order valence-corrected chi connectivity index (χ2v) is 4.17. The zero-order chi connectivity index (χ0) is 10.6. The average Bonchev–Trinajstić information content (AvgIpc) is 2.47. The van der Waals surface area contributed by atoms with Crippen molar-refractivity contribution in [1.29, 1.82) is 0 Å². The van der Waals surface area contributed by atoms with Gasteiger partial charge in [0, 0.05) is 11.8 Å². The van der Waals surface area contributed by atoms with Crippen LogP contribution in [0.5, 0.6) is 0 Å². The van der Waals surface area contributed by atoms with E-state index in [2.05, 4.69) is 30.1 Å². The molecule has 4 nitrogen and oxygen atoms in total. The highest BCUT2D eigenvalue weighted by Gasteiger charge is 2.11. The molecule has 0 radical (unpaired) electrons. The molecule has 0 spiro atoms. The third-order valence-corrected chi connectivity index (χ3v) is 2.65. The number of nitrogens with zero attached hydrogens (tertiary/aromatic N) is 3. The minimum atomic E-state index is 0.304. The maximum atomic E-state index is 5.70. The molecule has 0 unspecified atom stereocenters. The molecule has 1 heterocycles. The van der Waals surface area contributed by atoms with Crippen molar-refractivity contribution in [3.8, 4) is 0 Å². The van der Waals surface area contributed by atoms with Gasteiger partial charge in [0.2, 0.25) is 5.95 Å². The monoisotopic (exact) mass is 212 g/mol. The quantitative estimate of drug-likeness (QED) is 0.613. The summed E-state index contributed by atoms with van der Waals surface area (Å²) >= 11 is 1.64. The Labute approximate surface area is 88.6 Å². The fraction of sp³-hybridized carbons (Fsp3) is 0.556. The van der Waals surface area contributed by atoms with E-state index in [1.165, 1.54) is 0 Å². The molecule has 0 atom stereocenters. The predicted molar refractivity (Wildman–Crippen MR) is 60.4 cm³/mol. The summed E-state index contributed by atoms with van der Waals surface area (Å²) < 4.78 is 1.94. The zero-order valence-corrected chi connectivity index (χ0v) is 9.58. The lowest BCUT2D eigenvalue weighted by Crippen LogP contribution is -2.06. The highest BCUT2D eigenvalue weighted by Crippen LogP contribution is 2.22. The van der Waals surface area contributed by atoms with Crippen LogP contribution in [0.15, 0.2) is 17.3 Å². The molecule has 2 N–H and O–H groups in total. The highest BCUT2D eigenvalue weighted by atomic mass is 32.2. The van der Waals surface area contributed by atoms with E-state index in [4.69, 9.17) is 5.73 Å². The molecule has 78 valence electrons. The number of hydrogen-bond donors (Lipinski definition) is 1. The Kier molecular flexibility index (Phi) is 4.00. The average molecular weight is 212 g/mol. The van der Waals surface area contributed by atoms with E-state index in [9.17, 15) is 0 Å². The molecule has 1 aromatic rings. The van der Waals surface area contributed by atoms with Crippen molar-refractivity contribution < 1.29 is 0 Å². The minimum Gasteiger partial charge on any atom is -0.368 e. The lowest BCUT2D eigenvalue weighted by Gasteiger charge is -2.10. The lowest BCUT2D eigenvalue weighted by molar-refractivity contribution is 0.557. The van der Waals surface area contributed by atoms with Crippen molar-refractivity contribution >= 4 is 17.7 Å². The number of nitrogens with two attached hydrogens (primary N) is 1. The van der Waals surface area contributed by atoms with E-state index < -0.39 is 0 Å². The predicted octanol–water partition coefficient (Wildman–Crippen LogP) is 2.11. The Balaban J connectivity index is 2.76. The van der Waals surface area contributed by atoms with Gasteiger partial charge in [-0.25, -0.2) is 0 Å². The van der Waals surface area contributed by atoms with E-state index in [0.717, 1.165) is 10.9 Å². The van der Waals surface area contributed by atoms with Crippen LogP contribution in [0.4, 0.5) is 5.95 Å². The number of hydrogen-bond acceptors (Lipinski definition) is 4.